The SMILES string of the molecule is CC[C@H]1CC(NC(C)c2ccc(Oc3ccc4c(ccn4CCO)c3)c(F)c2)=CN1. The molecule has 0 spiro atoms. The van der Waals surface area contributed by atoms with E-state index in [1.54, 1.807) is 6.07 Å². The van der Waals surface area contributed by atoms with E-state index in [4.69, 9.17) is 9.84 Å². The summed E-state index contributed by atoms with van der Waals surface area (Å²) >= 11 is 0. The Morgan fingerprint density at radius 2 is 2.13 bits per heavy atom. The van der Waals surface area contributed by atoms with Crippen molar-refractivity contribution < 1.29 is 14.2 Å². The second-order valence-corrected chi connectivity index (χ2v) is 7.76. The van der Waals surface area contributed by atoms with Crippen LogP contribution in [0, 0.1) is 5.82 Å². The number of aromatic nitrogens is 1. The monoisotopic (exact) mass is 409 g/mol. The smallest absolute Gasteiger partial charge is 0.166 e. The maximum absolute atomic E-state index is 14.7. The average molecular weight is 410 g/mol. The number of rotatable bonds is 8. The van der Waals surface area contributed by atoms with Crippen LogP contribution in [0.25, 0.3) is 10.9 Å². The van der Waals surface area contributed by atoms with Crippen molar-refractivity contribution in [3.8, 4) is 11.5 Å². The number of halogens is 1. The van der Waals surface area contributed by atoms with Crippen LogP contribution in [0.4, 0.5) is 4.39 Å². The number of aliphatic hydroxyl groups excluding tert-OH is 1. The molecule has 0 saturated heterocycles. The zero-order valence-electron chi connectivity index (χ0n) is 17.4. The highest BCUT2D eigenvalue weighted by atomic mass is 19.1. The molecule has 0 aliphatic carbocycles. The van der Waals surface area contributed by atoms with Gasteiger partial charge >= 0.3 is 0 Å². The first kappa shape index (κ1) is 20.3. The molecule has 0 saturated carbocycles. The van der Waals surface area contributed by atoms with Crippen LogP contribution < -0.4 is 15.4 Å². The lowest BCUT2D eigenvalue weighted by Gasteiger charge is -2.18. The predicted octanol–water partition coefficient (Wildman–Crippen LogP) is 4.83. The number of nitrogens with one attached hydrogen (secondary N) is 2. The summed E-state index contributed by atoms with van der Waals surface area (Å²) in [5.74, 6) is 0.395. The Balaban J connectivity index is 1.45. The fourth-order valence-corrected chi connectivity index (χ4v) is 3.87. The number of fused-ring (bicyclic) bond motifs is 1. The summed E-state index contributed by atoms with van der Waals surface area (Å²) in [6.45, 7) is 4.81. The zero-order chi connectivity index (χ0) is 21.1. The van der Waals surface area contributed by atoms with Gasteiger partial charge in [-0.1, -0.05) is 13.0 Å². The first-order valence-electron chi connectivity index (χ1n) is 10.5. The van der Waals surface area contributed by atoms with Gasteiger partial charge in [0.05, 0.1) is 6.61 Å². The summed E-state index contributed by atoms with van der Waals surface area (Å²) in [6.07, 6.45) is 5.98. The number of benzene rings is 2. The molecule has 1 aromatic heterocycles. The molecule has 30 heavy (non-hydrogen) atoms. The molecule has 5 nitrogen and oxygen atoms in total. The number of hydrogen-bond donors (Lipinski definition) is 3. The second-order valence-electron chi connectivity index (χ2n) is 7.76. The lowest BCUT2D eigenvalue weighted by Crippen LogP contribution is -2.20. The highest BCUT2D eigenvalue weighted by molar-refractivity contribution is 5.81. The van der Waals surface area contributed by atoms with Crippen molar-refractivity contribution in [2.75, 3.05) is 6.61 Å². The third-order valence-corrected chi connectivity index (χ3v) is 5.62. The molecular weight excluding hydrogens is 381 g/mol. The number of aliphatic hydroxyl groups is 1. The molecule has 158 valence electrons. The minimum absolute atomic E-state index is 0.000143. The third kappa shape index (κ3) is 4.28. The molecule has 2 atom stereocenters. The average Bonchev–Trinajstić information content (AvgIpc) is 3.36. The Morgan fingerprint density at radius 3 is 2.87 bits per heavy atom. The van der Waals surface area contributed by atoms with Crippen molar-refractivity contribution in [1.29, 1.82) is 0 Å². The lowest BCUT2D eigenvalue weighted by atomic mass is 10.1. The van der Waals surface area contributed by atoms with Gasteiger partial charge in [-0.2, -0.15) is 0 Å². The topological polar surface area (TPSA) is 58.5 Å². The first-order chi connectivity index (χ1) is 14.6. The van der Waals surface area contributed by atoms with Gasteiger partial charge in [-0.3, -0.25) is 0 Å². The minimum Gasteiger partial charge on any atom is -0.454 e. The van der Waals surface area contributed by atoms with Crippen LogP contribution in [0.5, 0.6) is 11.5 Å². The molecular formula is C24H28FN3O2. The van der Waals surface area contributed by atoms with E-state index in [1.165, 1.54) is 6.07 Å². The highest BCUT2D eigenvalue weighted by Crippen LogP contribution is 2.30. The van der Waals surface area contributed by atoms with Crippen LogP contribution >= 0.6 is 0 Å². The molecule has 1 unspecified atom stereocenters. The van der Waals surface area contributed by atoms with Gasteiger partial charge in [0.15, 0.2) is 11.6 Å². The summed E-state index contributed by atoms with van der Waals surface area (Å²) in [5, 5.41) is 16.9. The molecule has 4 rings (SSSR count). The molecule has 6 heteroatoms. The van der Waals surface area contributed by atoms with Crippen molar-refractivity contribution in [2.24, 2.45) is 0 Å². The van der Waals surface area contributed by atoms with E-state index in [0.717, 1.165) is 35.0 Å². The van der Waals surface area contributed by atoms with Crippen LogP contribution in [0.1, 0.15) is 38.3 Å². The molecule has 3 aromatic rings. The largest absolute Gasteiger partial charge is 0.454 e. The molecule has 2 aromatic carbocycles. The van der Waals surface area contributed by atoms with Gasteiger partial charge in [-0.05, 0) is 55.3 Å². The van der Waals surface area contributed by atoms with E-state index in [9.17, 15) is 4.39 Å². The Morgan fingerprint density at radius 1 is 1.27 bits per heavy atom. The van der Waals surface area contributed by atoms with Gasteiger partial charge in [-0.25, -0.2) is 4.39 Å². The minimum atomic E-state index is -0.385. The third-order valence-electron chi connectivity index (χ3n) is 5.62. The maximum Gasteiger partial charge on any atom is 0.166 e. The van der Waals surface area contributed by atoms with Gasteiger partial charge in [0.25, 0.3) is 0 Å². The fraction of sp³-hybridized carbons (Fsp3) is 0.333. The van der Waals surface area contributed by atoms with Crippen LogP contribution in [0.3, 0.4) is 0 Å². The normalized spacial score (nSPS) is 16.9. The number of nitrogens with zero attached hydrogens (tertiary/aromatic N) is 1. The molecule has 0 bridgehead atoms. The first-order valence-corrected chi connectivity index (χ1v) is 10.5. The van der Waals surface area contributed by atoms with Crippen LogP contribution in [-0.4, -0.2) is 22.3 Å². The van der Waals surface area contributed by atoms with Crippen molar-refractivity contribution in [3.05, 3.63) is 71.9 Å². The highest BCUT2D eigenvalue weighted by Gasteiger charge is 2.17. The van der Waals surface area contributed by atoms with Crippen molar-refractivity contribution in [3.63, 3.8) is 0 Å². The summed E-state index contributed by atoms with van der Waals surface area (Å²) in [6, 6.07) is 13.2. The Bertz CT molecular complexity index is 1060. The van der Waals surface area contributed by atoms with Crippen molar-refractivity contribution >= 4 is 10.9 Å². The van der Waals surface area contributed by atoms with Crippen LogP contribution in [0.15, 0.2) is 60.6 Å². The Hall–Kier alpha value is -2.99. The maximum atomic E-state index is 14.7. The van der Waals surface area contributed by atoms with Gasteiger partial charge < -0.3 is 25.0 Å². The number of ether oxygens (including phenoxy) is 1. The quantitative estimate of drug-likeness (QED) is 0.499. The molecule has 2 heterocycles. The number of hydrogen-bond acceptors (Lipinski definition) is 4. The van der Waals surface area contributed by atoms with Crippen molar-refractivity contribution in [2.45, 2.75) is 45.3 Å². The summed E-state index contributed by atoms with van der Waals surface area (Å²) < 4.78 is 22.5. The van der Waals surface area contributed by atoms with E-state index < -0.39 is 0 Å². The molecule has 0 amide bonds. The summed E-state index contributed by atoms with van der Waals surface area (Å²) in [4.78, 5) is 0. The van der Waals surface area contributed by atoms with E-state index >= 15 is 0 Å². The summed E-state index contributed by atoms with van der Waals surface area (Å²) in [5.41, 5.74) is 3.03. The lowest BCUT2D eigenvalue weighted by molar-refractivity contribution is 0.278. The van der Waals surface area contributed by atoms with Crippen LogP contribution in [-0.2, 0) is 6.54 Å². The second kappa shape index (κ2) is 8.79. The van der Waals surface area contributed by atoms with Gasteiger partial charge in [0.1, 0.15) is 5.75 Å². The molecule has 3 N–H and O–H groups in total. The van der Waals surface area contributed by atoms with E-state index in [0.29, 0.717) is 18.3 Å². The predicted molar refractivity (Wildman–Crippen MR) is 117 cm³/mol. The van der Waals surface area contributed by atoms with E-state index in [-0.39, 0.29) is 24.2 Å². The van der Waals surface area contributed by atoms with Crippen LogP contribution in [0.2, 0.25) is 0 Å². The van der Waals surface area contributed by atoms with E-state index in [2.05, 4.69) is 17.6 Å². The molecule has 0 fully saturated rings. The van der Waals surface area contributed by atoms with Gasteiger partial charge in [0, 0.05) is 54.0 Å². The zero-order valence-corrected chi connectivity index (χ0v) is 17.4. The summed E-state index contributed by atoms with van der Waals surface area (Å²) in [7, 11) is 0. The molecule has 1 aliphatic rings. The Labute approximate surface area is 176 Å². The Kier molecular flexibility index (Phi) is 5.95. The van der Waals surface area contributed by atoms with Gasteiger partial charge in [0.2, 0.25) is 0 Å². The fourth-order valence-electron chi connectivity index (χ4n) is 3.87. The molecule has 0 radical (unpaired) electrons. The van der Waals surface area contributed by atoms with E-state index in [1.807, 2.05) is 54.2 Å². The standard InChI is InChI=1S/C24H28FN3O2/c1-3-19-14-20(15-26-19)27-16(2)17-4-7-24(22(25)13-17)30-21-5-6-23-18(12-21)8-9-28(23)10-11-29/h4-9,12-13,15-16,19,26-27,29H,3,10-11,14H2,1-2H3/t16?,19-/m0/s1. The van der Waals surface area contributed by atoms with Crippen molar-refractivity contribution in [1.82, 2.24) is 15.2 Å². The van der Waals surface area contributed by atoms with Gasteiger partial charge in [-0.15, -0.1) is 0 Å². The molecule has 1 aliphatic heterocycles.